The Labute approximate surface area is 174 Å². The van der Waals surface area contributed by atoms with Crippen molar-refractivity contribution in [3.63, 3.8) is 0 Å². The maximum Gasteiger partial charge on any atom is 0.351 e. The van der Waals surface area contributed by atoms with E-state index in [1.807, 2.05) is 0 Å². The zero-order valence-electron chi connectivity index (χ0n) is 17.8. The van der Waals surface area contributed by atoms with E-state index < -0.39 is 53.0 Å². The third-order valence-corrected chi connectivity index (χ3v) is 4.87. The van der Waals surface area contributed by atoms with Crippen LogP contribution in [0.2, 0.25) is 0 Å². The summed E-state index contributed by atoms with van der Waals surface area (Å²) in [5, 5.41) is 11.3. The molecule has 10 heteroatoms. The molecule has 1 aliphatic heterocycles. The average molecular weight is 423 g/mol. The SMILES string of the molecule is C=C[C@]1(COC(=O)C(C)C)O[C@@H](n2ccc(N)nc2=O)[C@](C)(O)[C@@H]1OC(=O)C(C)C. The molecular formula is C20H29N3O7. The lowest BCUT2D eigenvalue weighted by molar-refractivity contribution is -0.176. The van der Waals surface area contributed by atoms with Crippen LogP contribution in [0.3, 0.4) is 0 Å². The second-order valence-electron chi connectivity index (χ2n) is 8.13. The summed E-state index contributed by atoms with van der Waals surface area (Å²) in [7, 11) is 0. The largest absolute Gasteiger partial charge is 0.462 e. The first-order valence-corrected chi connectivity index (χ1v) is 9.61. The highest BCUT2D eigenvalue weighted by Gasteiger charge is 2.64. The molecule has 0 radical (unpaired) electrons. The molecule has 1 aromatic heterocycles. The predicted molar refractivity (Wildman–Crippen MR) is 107 cm³/mol. The Morgan fingerprint density at radius 1 is 1.37 bits per heavy atom. The van der Waals surface area contributed by atoms with Crippen molar-refractivity contribution < 1.29 is 28.9 Å². The topological polar surface area (TPSA) is 143 Å². The monoisotopic (exact) mass is 423 g/mol. The summed E-state index contributed by atoms with van der Waals surface area (Å²) in [4.78, 5) is 40.4. The standard InChI is InChI=1S/C20H29N3O7/c1-7-20(10-28-14(24)11(2)3)16(29-15(25)12(4)5)19(6,27)17(30-20)23-9-8-13(21)22-18(23)26/h7-9,11-12,16-17,27H,1,10H2,2-6H3,(H2,21,22,26)/t16-,17+,19+,20+/m0/s1. The van der Waals surface area contributed by atoms with Gasteiger partial charge in [0.25, 0.3) is 0 Å². The van der Waals surface area contributed by atoms with Crippen LogP contribution < -0.4 is 11.4 Å². The molecule has 4 atom stereocenters. The lowest BCUT2D eigenvalue weighted by atomic mass is 9.87. The molecule has 1 aliphatic rings. The molecule has 0 unspecified atom stereocenters. The first-order chi connectivity index (χ1) is 13.9. The van der Waals surface area contributed by atoms with E-state index in [1.165, 1.54) is 25.3 Å². The van der Waals surface area contributed by atoms with Crippen molar-refractivity contribution in [2.45, 2.75) is 58.2 Å². The van der Waals surface area contributed by atoms with Crippen molar-refractivity contribution in [3.05, 3.63) is 35.4 Å². The maximum absolute atomic E-state index is 12.4. The van der Waals surface area contributed by atoms with Crippen LogP contribution in [0.25, 0.3) is 0 Å². The number of rotatable bonds is 7. The molecule has 10 nitrogen and oxygen atoms in total. The van der Waals surface area contributed by atoms with Crippen LogP contribution in [-0.2, 0) is 23.8 Å². The van der Waals surface area contributed by atoms with Crippen molar-refractivity contribution in [1.29, 1.82) is 0 Å². The van der Waals surface area contributed by atoms with Gasteiger partial charge in [-0.1, -0.05) is 40.3 Å². The first-order valence-electron chi connectivity index (χ1n) is 9.61. The first kappa shape index (κ1) is 23.6. The summed E-state index contributed by atoms with van der Waals surface area (Å²) in [5.41, 5.74) is 1.26. The van der Waals surface area contributed by atoms with E-state index >= 15 is 0 Å². The van der Waals surface area contributed by atoms with E-state index in [2.05, 4.69) is 11.6 Å². The molecule has 3 N–H and O–H groups in total. The Hall–Kier alpha value is -2.72. The number of aliphatic hydroxyl groups is 1. The van der Waals surface area contributed by atoms with Gasteiger partial charge in [-0.2, -0.15) is 4.98 Å². The van der Waals surface area contributed by atoms with Crippen molar-refractivity contribution in [1.82, 2.24) is 9.55 Å². The third-order valence-electron chi connectivity index (χ3n) is 4.87. The molecule has 0 amide bonds. The molecule has 0 aliphatic carbocycles. The minimum Gasteiger partial charge on any atom is -0.462 e. The molecule has 166 valence electrons. The highest BCUT2D eigenvalue weighted by Crippen LogP contribution is 2.46. The second-order valence-corrected chi connectivity index (χ2v) is 8.13. The number of ether oxygens (including phenoxy) is 3. The predicted octanol–water partition coefficient (Wildman–Crippen LogP) is 0.797. The Morgan fingerprint density at radius 3 is 2.47 bits per heavy atom. The van der Waals surface area contributed by atoms with Gasteiger partial charge in [0.05, 0.1) is 11.8 Å². The van der Waals surface area contributed by atoms with Gasteiger partial charge in [0.1, 0.15) is 18.0 Å². The van der Waals surface area contributed by atoms with Crippen molar-refractivity contribution in [2.24, 2.45) is 11.8 Å². The van der Waals surface area contributed by atoms with E-state index in [0.717, 1.165) is 4.57 Å². The van der Waals surface area contributed by atoms with E-state index in [-0.39, 0.29) is 12.4 Å². The van der Waals surface area contributed by atoms with Gasteiger partial charge in [-0.05, 0) is 13.0 Å². The number of nitrogen functional groups attached to an aromatic ring is 1. The number of carbonyl (C=O) groups excluding carboxylic acids is 2. The van der Waals surface area contributed by atoms with Crippen molar-refractivity contribution >= 4 is 17.8 Å². The van der Waals surface area contributed by atoms with Crippen LogP contribution in [0.5, 0.6) is 0 Å². The minimum atomic E-state index is -1.90. The summed E-state index contributed by atoms with van der Waals surface area (Å²) >= 11 is 0. The lowest BCUT2D eigenvalue weighted by Gasteiger charge is -2.34. The van der Waals surface area contributed by atoms with E-state index in [9.17, 15) is 19.5 Å². The Balaban J connectivity index is 2.53. The quantitative estimate of drug-likeness (QED) is 0.481. The van der Waals surface area contributed by atoms with Crippen LogP contribution in [0.4, 0.5) is 5.82 Å². The van der Waals surface area contributed by atoms with Crippen LogP contribution in [0.1, 0.15) is 40.8 Å². The van der Waals surface area contributed by atoms with E-state index in [1.54, 1.807) is 27.7 Å². The number of hydrogen-bond acceptors (Lipinski definition) is 9. The zero-order valence-corrected chi connectivity index (χ0v) is 17.8. The summed E-state index contributed by atoms with van der Waals surface area (Å²) in [6.07, 6.45) is -0.0429. The summed E-state index contributed by atoms with van der Waals surface area (Å²) in [5.74, 6) is -2.03. The molecule has 0 spiro atoms. The molecule has 2 heterocycles. The Kier molecular flexibility index (Phi) is 6.73. The van der Waals surface area contributed by atoms with Crippen molar-refractivity contribution in [2.75, 3.05) is 12.3 Å². The molecule has 0 aromatic carbocycles. The van der Waals surface area contributed by atoms with Gasteiger partial charge in [0.15, 0.2) is 17.9 Å². The maximum atomic E-state index is 12.4. The Bertz CT molecular complexity index is 877. The molecular weight excluding hydrogens is 394 g/mol. The van der Waals surface area contributed by atoms with Gasteiger partial charge in [-0.25, -0.2) is 4.79 Å². The molecule has 1 aromatic rings. The molecule has 0 saturated carbocycles. The molecule has 2 rings (SSSR count). The van der Waals surface area contributed by atoms with Crippen LogP contribution in [0, 0.1) is 11.8 Å². The molecule has 0 bridgehead atoms. The van der Waals surface area contributed by atoms with Crippen LogP contribution in [-0.4, -0.2) is 50.5 Å². The summed E-state index contributed by atoms with van der Waals surface area (Å²) in [6, 6.07) is 1.36. The fourth-order valence-corrected chi connectivity index (χ4v) is 3.10. The van der Waals surface area contributed by atoms with E-state index in [4.69, 9.17) is 19.9 Å². The number of hydrogen-bond donors (Lipinski definition) is 2. The van der Waals surface area contributed by atoms with Crippen LogP contribution in [0.15, 0.2) is 29.7 Å². The average Bonchev–Trinajstić information content (AvgIpc) is 2.87. The molecule has 1 saturated heterocycles. The van der Waals surface area contributed by atoms with E-state index in [0.29, 0.717) is 0 Å². The zero-order chi connectivity index (χ0) is 22.9. The highest BCUT2D eigenvalue weighted by atomic mass is 16.6. The fraction of sp³-hybridized carbons (Fsp3) is 0.600. The fourth-order valence-electron chi connectivity index (χ4n) is 3.10. The van der Waals surface area contributed by atoms with Crippen LogP contribution >= 0.6 is 0 Å². The highest BCUT2D eigenvalue weighted by molar-refractivity contribution is 5.72. The number of nitrogens with two attached hydrogens (primary N) is 1. The minimum absolute atomic E-state index is 0.00229. The molecule has 30 heavy (non-hydrogen) atoms. The number of esters is 2. The van der Waals surface area contributed by atoms with Gasteiger partial charge < -0.3 is 25.1 Å². The normalized spacial score (nSPS) is 28.5. The second kappa shape index (κ2) is 8.57. The smallest absolute Gasteiger partial charge is 0.351 e. The van der Waals surface area contributed by atoms with Gasteiger partial charge in [0.2, 0.25) is 0 Å². The van der Waals surface area contributed by atoms with Gasteiger partial charge in [-0.15, -0.1) is 0 Å². The van der Waals surface area contributed by atoms with Gasteiger partial charge in [-0.3, -0.25) is 14.2 Å². The summed E-state index contributed by atoms with van der Waals surface area (Å²) in [6.45, 7) is 11.3. The van der Waals surface area contributed by atoms with Gasteiger partial charge >= 0.3 is 17.6 Å². The number of aromatic nitrogens is 2. The third kappa shape index (κ3) is 4.39. The van der Waals surface area contributed by atoms with Crippen molar-refractivity contribution in [3.8, 4) is 0 Å². The number of nitrogens with zero attached hydrogens (tertiary/aromatic N) is 2. The number of carbonyl (C=O) groups is 2. The molecule has 1 fully saturated rings. The summed E-state index contributed by atoms with van der Waals surface area (Å²) < 4.78 is 17.9. The Morgan fingerprint density at radius 2 is 1.97 bits per heavy atom. The lowest BCUT2D eigenvalue weighted by Crippen LogP contribution is -2.54. The van der Waals surface area contributed by atoms with Gasteiger partial charge in [0, 0.05) is 6.20 Å². The number of anilines is 1.